The number of anilines is 2. The highest BCUT2D eigenvalue weighted by Gasteiger charge is 2.43. The number of fused-ring (bicyclic) bond motifs is 3. The number of nitriles is 1. The number of nitrogens with two attached hydrogens (primary N) is 1. The van der Waals surface area contributed by atoms with E-state index in [0.717, 1.165) is 19.4 Å². The van der Waals surface area contributed by atoms with Crippen LogP contribution < -0.4 is 16.4 Å². The van der Waals surface area contributed by atoms with Crippen molar-refractivity contribution in [1.29, 1.82) is 5.26 Å². The van der Waals surface area contributed by atoms with E-state index in [1.165, 1.54) is 34.9 Å². The minimum Gasteiger partial charge on any atom is -0.368 e. The van der Waals surface area contributed by atoms with Crippen LogP contribution in [0.4, 0.5) is 11.8 Å². The predicted molar refractivity (Wildman–Crippen MR) is 131 cm³/mol. The second kappa shape index (κ2) is 8.68. The SMILES string of the molecule is CC1(CNc2nc(NCc3cccc4ccsc34)ncc2C#N)C[C@H]2CCC[C@@H](C1)[C@@H]2N. The average molecular weight is 447 g/mol. The summed E-state index contributed by atoms with van der Waals surface area (Å²) in [6, 6.07) is 11.0. The third-order valence-electron chi connectivity index (χ3n) is 7.34. The van der Waals surface area contributed by atoms with E-state index in [1.54, 1.807) is 17.5 Å². The summed E-state index contributed by atoms with van der Waals surface area (Å²) in [5, 5.41) is 19.8. The second-order valence-corrected chi connectivity index (χ2v) is 10.7. The summed E-state index contributed by atoms with van der Waals surface area (Å²) < 4.78 is 1.28. The molecule has 1 aromatic carbocycles. The number of hydrogen-bond acceptors (Lipinski definition) is 7. The fraction of sp³-hybridized carbons (Fsp3) is 0.480. The Kier molecular flexibility index (Phi) is 5.75. The Morgan fingerprint density at radius 2 is 2.03 bits per heavy atom. The fourth-order valence-electron chi connectivity index (χ4n) is 5.73. The fourth-order valence-corrected chi connectivity index (χ4v) is 6.65. The van der Waals surface area contributed by atoms with Gasteiger partial charge in [-0.3, -0.25) is 0 Å². The van der Waals surface area contributed by atoms with Crippen LogP contribution in [-0.2, 0) is 6.54 Å². The molecule has 2 saturated carbocycles. The van der Waals surface area contributed by atoms with Crippen LogP contribution >= 0.6 is 11.3 Å². The van der Waals surface area contributed by atoms with Crippen molar-refractivity contribution < 1.29 is 0 Å². The molecule has 4 N–H and O–H groups in total. The first-order chi connectivity index (χ1) is 15.5. The molecule has 166 valence electrons. The molecule has 1 unspecified atom stereocenters. The van der Waals surface area contributed by atoms with Gasteiger partial charge in [0.1, 0.15) is 17.5 Å². The Hall–Kier alpha value is -2.69. The lowest BCUT2D eigenvalue weighted by Crippen LogP contribution is -2.50. The molecule has 2 aliphatic rings. The first kappa shape index (κ1) is 21.2. The van der Waals surface area contributed by atoms with Crippen LogP contribution in [0.5, 0.6) is 0 Å². The van der Waals surface area contributed by atoms with Crippen molar-refractivity contribution in [3.8, 4) is 6.07 Å². The molecule has 2 aliphatic carbocycles. The molecule has 2 fully saturated rings. The normalized spacial score (nSPS) is 27.1. The van der Waals surface area contributed by atoms with E-state index in [2.05, 4.69) is 63.2 Å². The van der Waals surface area contributed by atoms with Crippen LogP contribution in [0.1, 0.15) is 50.2 Å². The summed E-state index contributed by atoms with van der Waals surface area (Å²) in [5.41, 5.74) is 8.37. The Balaban J connectivity index is 1.28. The Labute approximate surface area is 193 Å². The van der Waals surface area contributed by atoms with Crippen molar-refractivity contribution >= 4 is 33.2 Å². The third-order valence-corrected chi connectivity index (χ3v) is 8.34. The van der Waals surface area contributed by atoms with Gasteiger partial charge in [-0.15, -0.1) is 11.3 Å². The highest BCUT2D eigenvalue weighted by Crippen LogP contribution is 2.48. The molecule has 0 radical (unpaired) electrons. The standard InChI is InChI=1S/C25H30N6S/c1-25(10-17-5-3-6-18(11-25)21(17)27)15-30-23-20(12-26)14-29-24(31-23)28-13-19-7-2-4-16-8-9-32-22(16)19/h2,4,7-9,14,17-18,21H,3,5-6,10-11,13,15,27H2,1H3,(H2,28,29,30,31)/t17-,18+,21-,25?. The van der Waals surface area contributed by atoms with E-state index in [0.29, 0.717) is 41.8 Å². The quantitative estimate of drug-likeness (QED) is 0.485. The molecule has 2 heterocycles. The zero-order chi connectivity index (χ0) is 22.1. The van der Waals surface area contributed by atoms with Crippen molar-refractivity contribution in [2.45, 2.75) is 51.6 Å². The van der Waals surface area contributed by atoms with Crippen molar-refractivity contribution in [2.24, 2.45) is 23.0 Å². The summed E-state index contributed by atoms with van der Waals surface area (Å²) in [6.07, 6.45) is 7.69. The molecule has 32 heavy (non-hydrogen) atoms. The van der Waals surface area contributed by atoms with E-state index < -0.39 is 0 Å². The zero-order valence-electron chi connectivity index (χ0n) is 18.5. The summed E-state index contributed by atoms with van der Waals surface area (Å²) in [7, 11) is 0. The molecule has 2 bridgehead atoms. The molecular formula is C25H30N6S. The second-order valence-electron chi connectivity index (χ2n) is 9.78. The minimum absolute atomic E-state index is 0.172. The van der Waals surface area contributed by atoms with Gasteiger partial charge in [-0.1, -0.05) is 31.5 Å². The number of thiophene rings is 1. The maximum Gasteiger partial charge on any atom is 0.224 e. The van der Waals surface area contributed by atoms with Gasteiger partial charge in [0, 0.05) is 23.8 Å². The summed E-state index contributed by atoms with van der Waals surface area (Å²) >= 11 is 1.74. The maximum atomic E-state index is 9.57. The maximum absolute atomic E-state index is 9.57. The molecule has 0 amide bonds. The third kappa shape index (κ3) is 4.17. The smallest absolute Gasteiger partial charge is 0.224 e. The van der Waals surface area contributed by atoms with Gasteiger partial charge in [0.2, 0.25) is 5.95 Å². The predicted octanol–water partition coefficient (Wildman–Crippen LogP) is 5.13. The van der Waals surface area contributed by atoms with E-state index in [-0.39, 0.29) is 5.41 Å². The zero-order valence-corrected chi connectivity index (χ0v) is 19.3. The monoisotopic (exact) mass is 446 g/mol. The molecule has 7 heteroatoms. The van der Waals surface area contributed by atoms with Gasteiger partial charge in [-0.25, -0.2) is 4.98 Å². The Morgan fingerprint density at radius 1 is 1.22 bits per heavy atom. The van der Waals surface area contributed by atoms with Gasteiger partial charge in [-0.05, 0) is 65.3 Å². The largest absolute Gasteiger partial charge is 0.368 e. The average Bonchev–Trinajstić information content (AvgIpc) is 3.27. The van der Waals surface area contributed by atoms with Crippen molar-refractivity contribution in [1.82, 2.24) is 9.97 Å². The van der Waals surface area contributed by atoms with E-state index in [4.69, 9.17) is 5.73 Å². The number of rotatable bonds is 6. The molecular weight excluding hydrogens is 416 g/mol. The molecule has 0 spiro atoms. The molecule has 0 aliphatic heterocycles. The van der Waals surface area contributed by atoms with Gasteiger partial charge in [-0.2, -0.15) is 10.2 Å². The lowest BCUT2D eigenvalue weighted by Gasteiger charge is -2.49. The van der Waals surface area contributed by atoms with Crippen LogP contribution in [0.25, 0.3) is 10.1 Å². The minimum atomic E-state index is 0.172. The Bertz CT molecular complexity index is 1130. The van der Waals surface area contributed by atoms with Gasteiger partial charge in [0.15, 0.2) is 0 Å². The molecule has 3 aromatic rings. The number of nitrogens with zero attached hydrogens (tertiary/aromatic N) is 3. The molecule has 5 rings (SSSR count). The lowest BCUT2D eigenvalue weighted by atomic mass is 9.59. The summed E-state index contributed by atoms with van der Waals surface area (Å²) in [6.45, 7) is 3.79. The van der Waals surface area contributed by atoms with Crippen LogP contribution in [0.15, 0.2) is 35.8 Å². The van der Waals surface area contributed by atoms with E-state index in [1.807, 2.05) is 0 Å². The molecule has 6 nitrogen and oxygen atoms in total. The number of aromatic nitrogens is 2. The van der Waals surface area contributed by atoms with Crippen molar-refractivity contribution in [3.63, 3.8) is 0 Å². The Morgan fingerprint density at radius 3 is 2.81 bits per heavy atom. The van der Waals surface area contributed by atoms with Gasteiger partial charge < -0.3 is 16.4 Å². The molecule has 2 aromatic heterocycles. The highest BCUT2D eigenvalue weighted by atomic mass is 32.1. The van der Waals surface area contributed by atoms with Crippen LogP contribution in [0, 0.1) is 28.6 Å². The first-order valence-corrected chi connectivity index (χ1v) is 12.4. The topological polar surface area (TPSA) is 99.6 Å². The van der Waals surface area contributed by atoms with Crippen molar-refractivity contribution in [2.75, 3.05) is 17.2 Å². The van der Waals surface area contributed by atoms with Gasteiger partial charge >= 0.3 is 0 Å². The number of hydrogen-bond donors (Lipinski definition) is 3. The number of nitrogens with one attached hydrogen (secondary N) is 2. The highest BCUT2D eigenvalue weighted by molar-refractivity contribution is 7.17. The number of benzene rings is 1. The first-order valence-electron chi connectivity index (χ1n) is 11.5. The van der Waals surface area contributed by atoms with Crippen molar-refractivity contribution in [3.05, 3.63) is 47.0 Å². The van der Waals surface area contributed by atoms with Gasteiger partial charge in [0.05, 0.1) is 6.20 Å². The van der Waals surface area contributed by atoms with Crippen LogP contribution in [-0.4, -0.2) is 22.6 Å². The summed E-state index contributed by atoms with van der Waals surface area (Å²) in [4.78, 5) is 9.02. The molecule has 0 saturated heterocycles. The summed E-state index contributed by atoms with van der Waals surface area (Å²) in [5.74, 6) is 2.38. The van der Waals surface area contributed by atoms with Gasteiger partial charge in [0.25, 0.3) is 0 Å². The van der Waals surface area contributed by atoms with Crippen LogP contribution in [0.2, 0.25) is 0 Å². The van der Waals surface area contributed by atoms with E-state index >= 15 is 0 Å². The molecule has 4 atom stereocenters. The van der Waals surface area contributed by atoms with E-state index in [9.17, 15) is 5.26 Å². The van der Waals surface area contributed by atoms with Crippen LogP contribution in [0.3, 0.4) is 0 Å². The lowest BCUT2D eigenvalue weighted by molar-refractivity contribution is 0.0549.